The van der Waals surface area contributed by atoms with Gasteiger partial charge in [-0.3, -0.25) is 0 Å². The predicted octanol–water partition coefficient (Wildman–Crippen LogP) is 3.25. The second-order valence-corrected chi connectivity index (χ2v) is 9.75. The largest absolute Gasteiger partial charge is 0.445 e. The van der Waals surface area contributed by atoms with Crippen LogP contribution in [0.3, 0.4) is 0 Å². The highest BCUT2D eigenvalue weighted by atomic mass is 16.5. The number of nitrogens with one attached hydrogen (secondary N) is 1. The standard InChI is InChI=1S/C26H34N6O4/c1-18-7-9-20(10-8-18)23(28-26(34)36-17-19-5-3-2-4-6-19)21-15-32-25(27-21)29-24(22(16-33)30-32)31-11-13-35-14-12-31/h2-6,15,18,20,23,33H,7-14,16-17H2,1H3,(H,28,34)/t18?,20?,23-/m0/s1. The fourth-order valence-electron chi connectivity index (χ4n) is 5.09. The first-order valence-corrected chi connectivity index (χ1v) is 12.8. The third-order valence-corrected chi connectivity index (χ3v) is 7.18. The highest BCUT2D eigenvalue weighted by Gasteiger charge is 2.31. The normalized spacial score (nSPS) is 21.3. The SMILES string of the molecule is CC1CCC([C@H](NC(=O)OCc2ccccc2)c2cn3nc(CO)c(N4CCOCC4)nc3n2)CC1. The van der Waals surface area contributed by atoms with Crippen molar-refractivity contribution in [2.24, 2.45) is 11.8 Å². The van der Waals surface area contributed by atoms with Crippen LogP contribution < -0.4 is 10.2 Å². The van der Waals surface area contributed by atoms with Crippen molar-refractivity contribution in [2.45, 2.75) is 51.9 Å². The number of nitrogens with zero attached hydrogens (tertiary/aromatic N) is 5. The van der Waals surface area contributed by atoms with E-state index in [9.17, 15) is 9.90 Å². The summed E-state index contributed by atoms with van der Waals surface area (Å²) in [6, 6.07) is 9.32. The minimum atomic E-state index is -0.467. The Hall–Kier alpha value is -3.24. The highest BCUT2D eigenvalue weighted by Crippen LogP contribution is 2.36. The van der Waals surface area contributed by atoms with Gasteiger partial charge in [-0.05, 0) is 30.2 Å². The van der Waals surface area contributed by atoms with Crippen LogP contribution in [0.5, 0.6) is 0 Å². The molecule has 2 N–H and O–H groups in total. The van der Waals surface area contributed by atoms with Gasteiger partial charge in [-0.1, -0.05) is 50.1 Å². The molecule has 0 unspecified atom stereocenters. The molecule has 1 aliphatic carbocycles. The maximum Gasteiger partial charge on any atom is 0.408 e. The number of ether oxygens (including phenoxy) is 2. The zero-order valence-corrected chi connectivity index (χ0v) is 20.7. The van der Waals surface area contributed by atoms with Gasteiger partial charge in [0, 0.05) is 13.1 Å². The minimum absolute atomic E-state index is 0.206. The smallest absolute Gasteiger partial charge is 0.408 e. The van der Waals surface area contributed by atoms with Crippen molar-refractivity contribution in [3.05, 3.63) is 53.5 Å². The summed E-state index contributed by atoms with van der Waals surface area (Å²) in [6.45, 7) is 4.83. The number of morpholine rings is 1. The van der Waals surface area contributed by atoms with Crippen LogP contribution in [0.15, 0.2) is 36.5 Å². The number of carbonyl (C=O) groups excluding carboxylic acids is 1. The van der Waals surface area contributed by atoms with Crippen molar-refractivity contribution < 1.29 is 19.4 Å². The molecule has 2 aliphatic rings. The molecule has 0 radical (unpaired) electrons. The van der Waals surface area contributed by atoms with Gasteiger partial charge in [-0.2, -0.15) is 10.1 Å². The van der Waals surface area contributed by atoms with E-state index in [1.807, 2.05) is 36.5 Å². The first-order chi connectivity index (χ1) is 17.6. The van der Waals surface area contributed by atoms with Gasteiger partial charge in [0.2, 0.25) is 0 Å². The van der Waals surface area contributed by atoms with Gasteiger partial charge in [0.15, 0.2) is 5.82 Å². The van der Waals surface area contributed by atoms with E-state index in [1.165, 1.54) is 0 Å². The molecule has 2 aromatic heterocycles. The molecule has 1 saturated carbocycles. The Kier molecular flexibility index (Phi) is 7.62. The first kappa shape index (κ1) is 24.5. The zero-order valence-electron chi connectivity index (χ0n) is 20.7. The van der Waals surface area contributed by atoms with Crippen molar-refractivity contribution >= 4 is 17.7 Å². The summed E-state index contributed by atoms with van der Waals surface area (Å²) in [5.41, 5.74) is 2.13. The molecule has 5 rings (SSSR count). The second kappa shape index (κ2) is 11.2. The van der Waals surface area contributed by atoms with Crippen molar-refractivity contribution in [1.82, 2.24) is 24.9 Å². The van der Waals surface area contributed by atoms with Gasteiger partial charge < -0.3 is 24.8 Å². The van der Waals surface area contributed by atoms with Crippen LogP contribution in [-0.4, -0.2) is 57.1 Å². The molecular formula is C26H34N6O4. The zero-order chi connectivity index (χ0) is 24.9. The monoisotopic (exact) mass is 494 g/mol. The number of fused-ring (bicyclic) bond motifs is 1. The average Bonchev–Trinajstić information content (AvgIpc) is 3.34. The summed E-state index contributed by atoms with van der Waals surface area (Å²) in [5.74, 6) is 1.99. The molecule has 1 aliphatic heterocycles. The molecule has 1 saturated heterocycles. The molecule has 3 heterocycles. The van der Waals surface area contributed by atoms with Crippen molar-refractivity contribution in [2.75, 3.05) is 31.2 Å². The second-order valence-electron chi connectivity index (χ2n) is 9.75. The molecule has 10 heteroatoms. The molecule has 36 heavy (non-hydrogen) atoms. The number of aliphatic hydroxyl groups excluding tert-OH is 1. The number of carbonyl (C=O) groups is 1. The van der Waals surface area contributed by atoms with E-state index < -0.39 is 6.09 Å². The molecule has 3 aromatic rings. The maximum atomic E-state index is 12.8. The van der Waals surface area contributed by atoms with Gasteiger partial charge in [-0.25, -0.2) is 14.3 Å². The van der Waals surface area contributed by atoms with Crippen LogP contribution in [0.1, 0.15) is 55.6 Å². The molecule has 1 aromatic carbocycles. The summed E-state index contributed by atoms with van der Waals surface area (Å²) < 4.78 is 12.6. The summed E-state index contributed by atoms with van der Waals surface area (Å²) >= 11 is 0. The number of imidazole rings is 1. The average molecular weight is 495 g/mol. The molecule has 10 nitrogen and oxygen atoms in total. The Bertz CT molecular complexity index is 1160. The van der Waals surface area contributed by atoms with E-state index in [4.69, 9.17) is 19.4 Å². The fourth-order valence-corrected chi connectivity index (χ4v) is 5.09. The van der Waals surface area contributed by atoms with Crippen LogP contribution in [0, 0.1) is 11.8 Å². The van der Waals surface area contributed by atoms with E-state index in [0.717, 1.165) is 31.2 Å². The van der Waals surface area contributed by atoms with Gasteiger partial charge in [0.1, 0.15) is 12.3 Å². The first-order valence-electron chi connectivity index (χ1n) is 12.8. The lowest BCUT2D eigenvalue weighted by atomic mass is 9.78. The number of alkyl carbamates (subject to hydrolysis) is 1. The summed E-state index contributed by atoms with van der Waals surface area (Å²) in [6.07, 6.45) is 5.57. The quantitative estimate of drug-likeness (QED) is 0.515. The fraction of sp³-hybridized carbons (Fsp3) is 0.538. The number of aromatic nitrogens is 4. The number of amides is 1. The Morgan fingerprint density at radius 3 is 2.64 bits per heavy atom. The molecule has 2 fully saturated rings. The number of hydrogen-bond donors (Lipinski definition) is 2. The van der Waals surface area contributed by atoms with Crippen LogP contribution in [0.4, 0.5) is 10.6 Å². The Morgan fingerprint density at radius 2 is 1.92 bits per heavy atom. The van der Waals surface area contributed by atoms with Crippen LogP contribution >= 0.6 is 0 Å². The number of rotatable bonds is 7. The maximum absolute atomic E-state index is 12.8. The Labute approximate surface area is 210 Å². The van der Waals surface area contributed by atoms with Crippen LogP contribution in [0.25, 0.3) is 5.78 Å². The van der Waals surface area contributed by atoms with Crippen molar-refractivity contribution in [1.29, 1.82) is 0 Å². The van der Waals surface area contributed by atoms with Gasteiger partial charge in [0.25, 0.3) is 5.78 Å². The Balaban J connectivity index is 1.40. The molecule has 192 valence electrons. The van der Waals surface area contributed by atoms with Crippen LogP contribution in [-0.2, 0) is 22.7 Å². The van der Waals surface area contributed by atoms with Crippen molar-refractivity contribution in [3.63, 3.8) is 0 Å². The van der Waals surface area contributed by atoms with Crippen molar-refractivity contribution in [3.8, 4) is 0 Å². The predicted molar refractivity (Wildman–Crippen MR) is 133 cm³/mol. The van der Waals surface area contributed by atoms with Gasteiger partial charge in [-0.15, -0.1) is 0 Å². The van der Waals surface area contributed by atoms with E-state index in [-0.39, 0.29) is 25.2 Å². The van der Waals surface area contributed by atoms with E-state index in [2.05, 4.69) is 22.2 Å². The summed E-state index contributed by atoms with van der Waals surface area (Å²) in [7, 11) is 0. The molecule has 0 bridgehead atoms. The number of benzene rings is 1. The summed E-state index contributed by atoms with van der Waals surface area (Å²) in [5, 5.41) is 17.6. The number of aliphatic hydroxyl groups is 1. The van der Waals surface area contributed by atoms with E-state index in [0.29, 0.717) is 55.2 Å². The minimum Gasteiger partial charge on any atom is -0.445 e. The lowest BCUT2D eigenvalue weighted by molar-refractivity contribution is 0.122. The molecular weight excluding hydrogens is 460 g/mol. The third kappa shape index (κ3) is 5.60. The Morgan fingerprint density at radius 1 is 1.17 bits per heavy atom. The lowest BCUT2D eigenvalue weighted by Gasteiger charge is -2.32. The van der Waals surface area contributed by atoms with E-state index >= 15 is 0 Å². The van der Waals surface area contributed by atoms with Gasteiger partial charge in [0.05, 0.1) is 37.8 Å². The number of hydrogen-bond acceptors (Lipinski definition) is 8. The molecule has 1 atom stereocenters. The number of anilines is 1. The lowest BCUT2D eigenvalue weighted by Crippen LogP contribution is -2.37. The summed E-state index contributed by atoms with van der Waals surface area (Å²) in [4.78, 5) is 24.4. The van der Waals surface area contributed by atoms with Gasteiger partial charge >= 0.3 is 6.09 Å². The van der Waals surface area contributed by atoms with E-state index in [1.54, 1.807) is 4.52 Å². The molecule has 0 spiro atoms. The third-order valence-electron chi connectivity index (χ3n) is 7.18. The highest BCUT2D eigenvalue weighted by molar-refractivity contribution is 5.68. The van der Waals surface area contributed by atoms with Crippen LogP contribution in [0.2, 0.25) is 0 Å². The topological polar surface area (TPSA) is 114 Å². The molecule has 1 amide bonds.